The molecule has 0 spiro atoms. The Kier molecular flexibility index (Phi) is 7.68. The summed E-state index contributed by atoms with van der Waals surface area (Å²) in [7, 11) is 3.09. The fourth-order valence-corrected chi connectivity index (χ4v) is 3.89. The molecule has 0 atom stereocenters. The summed E-state index contributed by atoms with van der Waals surface area (Å²) in [4.78, 5) is 25.6. The molecule has 0 aliphatic rings. The van der Waals surface area contributed by atoms with Crippen molar-refractivity contribution in [2.45, 2.75) is 6.54 Å². The van der Waals surface area contributed by atoms with Gasteiger partial charge in [-0.05, 0) is 41.8 Å². The number of nitrogens with zero attached hydrogens (tertiary/aromatic N) is 4. The summed E-state index contributed by atoms with van der Waals surface area (Å²) in [6.45, 7) is 0.208. The number of hydrogen-bond acceptors (Lipinski definition) is 9. The van der Waals surface area contributed by atoms with Gasteiger partial charge in [0.25, 0.3) is 5.56 Å². The highest BCUT2D eigenvalue weighted by molar-refractivity contribution is 7.13. The first-order valence-corrected chi connectivity index (χ1v) is 11.5. The molecule has 11 heteroatoms. The Labute approximate surface area is 205 Å². The Bertz CT molecular complexity index is 1340. The molecular formula is C24H23N5O5S. The normalized spacial score (nSPS) is 10.6. The number of thiophene rings is 1. The van der Waals surface area contributed by atoms with E-state index in [1.807, 2.05) is 23.6 Å². The van der Waals surface area contributed by atoms with Crippen LogP contribution in [0, 0.1) is 0 Å². The molecule has 1 aromatic carbocycles. The molecule has 180 valence electrons. The van der Waals surface area contributed by atoms with Crippen molar-refractivity contribution in [3.05, 3.63) is 70.3 Å². The standard InChI is InChI=1S/C24H23N5O5S/c1-32-19-8-5-16(14-20(19)33-2)17-7-10-24(31)29(28-17)15-22(30)25-11-12-34-23-9-6-18(26-27-23)21-4-3-13-35-21/h3-10,13-14H,11-12,15H2,1-2H3,(H,25,30). The smallest absolute Gasteiger partial charge is 0.267 e. The second-order valence-electron chi connectivity index (χ2n) is 7.22. The van der Waals surface area contributed by atoms with Crippen molar-refractivity contribution >= 4 is 17.2 Å². The number of hydrogen-bond donors (Lipinski definition) is 1. The van der Waals surface area contributed by atoms with E-state index in [2.05, 4.69) is 20.6 Å². The van der Waals surface area contributed by atoms with Crippen LogP contribution in [0.2, 0.25) is 0 Å². The number of nitrogens with one attached hydrogen (secondary N) is 1. The molecule has 0 radical (unpaired) electrons. The van der Waals surface area contributed by atoms with E-state index in [9.17, 15) is 9.59 Å². The van der Waals surface area contributed by atoms with Gasteiger partial charge in [-0.15, -0.1) is 21.5 Å². The molecule has 0 bridgehead atoms. The Morgan fingerprint density at radius 2 is 1.83 bits per heavy atom. The van der Waals surface area contributed by atoms with E-state index < -0.39 is 0 Å². The molecule has 0 saturated heterocycles. The van der Waals surface area contributed by atoms with Crippen molar-refractivity contribution in [2.24, 2.45) is 0 Å². The van der Waals surface area contributed by atoms with Crippen LogP contribution in [0.1, 0.15) is 0 Å². The van der Waals surface area contributed by atoms with Gasteiger partial charge in [0.15, 0.2) is 11.5 Å². The molecule has 4 aromatic rings. The first-order chi connectivity index (χ1) is 17.1. The maximum absolute atomic E-state index is 12.4. The fourth-order valence-electron chi connectivity index (χ4n) is 3.20. The van der Waals surface area contributed by atoms with Gasteiger partial charge in [0.1, 0.15) is 18.8 Å². The fraction of sp³-hybridized carbons (Fsp3) is 0.208. The van der Waals surface area contributed by atoms with Crippen molar-refractivity contribution in [1.29, 1.82) is 0 Å². The molecule has 0 unspecified atom stereocenters. The summed E-state index contributed by atoms with van der Waals surface area (Å²) in [6.07, 6.45) is 0. The molecule has 4 rings (SSSR count). The molecule has 0 saturated carbocycles. The number of ether oxygens (including phenoxy) is 3. The Morgan fingerprint density at radius 3 is 2.54 bits per heavy atom. The quantitative estimate of drug-likeness (QED) is 0.335. The van der Waals surface area contributed by atoms with E-state index in [1.165, 1.54) is 13.2 Å². The number of amides is 1. The van der Waals surface area contributed by atoms with Crippen molar-refractivity contribution in [3.63, 3.8) is 0 Å². The number of carbonyl (C=O) groups is 1. The third kappa shape index (κ3) is 6.01. The van der Waals surface area contributed by atoms with Crippen molar-refractivity contribution in [3.8, 4) is 39.2 Å². The molecule has 1 amide bonds. The molecule has 10 nitrogen and oxygen atoms in total. The maximum Gasteiger partial charge on any atom is 0.267 e. The van der Waals surface area contributed by atoms with E-state index in [0.717, 1.165) is 20.8 Å². The second kappa shape index (κ2) is 11.3. The first-order valence-electron chi connectivity index (χ1n) is 10.6. The summed E-state index contributed by atoms with van der Waals surface area (Å²) in [6, 6.07) is 15.7. The first kappa shape index (κ1) is 23.9. The van der Waals surface area contributed by atoms with Gasteiger partial charge >= 0.3 is 0 Å². The molecule has 3 aromatic heterocycles. The summed E-state index contributed by atoms with van der Waals surface area (Å²) in [5.41, 5.74) is 1.62. The molecule has 0 aliphatic carbocycles. The van der Waals surface area contributed by atoms with Gasteiger partial charge in [0, 0.05) is 17.7 Å². The van der Waals surface area contributed by atoms with Crippen LogP contribution < -0.4 is 25.1 Å². The average molecular weight is 494 g/mol. The third-order valence-corrected chi connectivity index (χ3v) is 5.82. The van der Waals surface area contributed by atoms with Gasteiger partial charge in [-0.25, -0.2) is 4.68 Å². The highest BCUT2D eigenvalue weighted by atomic mass is 32.1. The van der Waals surface area contributed by atoms with Gasteiger partial charge in [-0.2, -0.15) is 5.10 Å². The second-order valence-corrected chi connectivity index (χ2v) is 8.16. The van der Waals surface area contributed by atoms with Crippen LogP contribution in [0.25, 0.3) is 21.8 Å². The number of benzene rings is 1. The van der Waals surface area contributed by atoms with E-state index in [4.69, 9.17) is 14.2 Å². The van der Waals surface area contributed by atoms with Crippen LogP contribution in [0.5, 0.6) is 17.4 Å². The topological polar surface area (TPSA) is 117 Å². The monoisotopic (exact) mass is 493 g/mol. The van der Waals surface area contributed by atoms with Crippen LogP contribution >= 0.6 is 11.3 Å². The molecular weight excluding hydrogens is 470 g/mol. The Morgan fingerprint density at radius 1 is 1.00 bits per heavy atom. The molecule has 0 aliphatic heterocycles. The van der Waals surface area contributed by atoms with Crippen LogP contribution in [0.4, 0.5) is 0 Å². The zero-order chi connectivity index (χ0) is 24.6. The van der Waals surface area contributed by atoms with E-state index in [0.29, 0.717) is 23.1 Å². The predicted octanol–water partition coefficient (Wildman–Crippen LogP) is 2.64. The Hall–Kier alpha value is -4.25. The Balaban J connectivity index is 1.31. The number of aromatic nitrogens is 4. The van der Waals surface area contributed by atoms with Gasteiger partial charge in [-0.3, -0.25) is 9.59 Å². The van der Waals surface area contributed by atoms with Crippen LogP contribution in [-0.2, 0) is 11.3 Å². The molecule has 35 heavy (non-hydrogen) atoms. The van der Waals surface area contributed by atoms with E-state index >= 15 is 0 Å². The van der Waals surface area contributed by atoms with E-state index in [1.54, 1.807) is 48.8 Å². The largest absolute Gasteiger partial charge is 0.493 e. The zero-order valence-corrected chi connectivity index (χ0v) is 19.9. The summed E-state index contributed by atoms with van der Waals surface area (Å²) in [5, 5.41) is 17.2. The van der Waals surface area contributed by atoms with Crippen molar-refractivity contribution in [2.75, 3.05) is 27.4 Å². The molecule has 3 heterocycles. The number of carbonyl (C=O) groups excluding carboxylic acids is 1. The summed E-state index contributed by atoms with van der Waals surface area (Å²) >= 11 is 1.58. The van der Waals surface area contributed by atoms with Crippen molar-refractivity contribution < 1.29 is 19.0 Å². The lowest BCUT2D eigenvalue weighted by atomic mass is 10.1. The SMILES string of the molecule is COc1ccc(-c2ccc(=O)n(CC(=O)NCCOc3ccc(-c4cccs4)nn3)n2)cc1OC. The lowest BCUT2D eigenvalue weighted by Crippen LogP contribution is -2.35. The number of rotatable bonds is 10. The summed E-state index contributed by atoms with van der Waals surface area (Å²) in [5.74, 6) is 1.11. The van der Waals surface area contributed by atoms with Gasteiger partial charge in [0.05, 0.1) is 31.3 Å². The molecule has 1 N–H and O–H groups in total. The van der Waals surface area contributed by atoms with Crippen LogP contribution in [-0.4, -0.2) is 53.3 Å². The maximum atomic E-state index is 12.4. The van der Waals surface area contributed by atoms with Crippen LogP contribution in [0.3, 0.4) is 0 Å². The third-order valence-electron chi connectivity index (χ3n) is 4.93. The summed E-state index contributed by atoms with van der Waals surface area (Å²) < 4.78 is 17.2. The molecule has 0 fully saturated rings. The zero-order valence-electron chi connectivity index (χ0n) is 19.1. The van der Waals surface area contributed by atoms with Crippen molar-refractivity contribution in [1.82, 2.24) is 25.3 Å². The minimum absolute atomic E-state index is 0.201. The highest BCUT2D eigenvalue weighted by Crippen LogP contribution is 2.31. The predicted molar refractivity (Wildman–Crippen MR) is 131 cm³/mol. The van der Waals surface area contributed by atoms with Gasteiger partial charge in [-0.1, -0.05) is 6.07 Å². The minimum atomic E-state index is -0.387. The lowest BCUT2D eigenvalue weighted by molar-refractivity contribution is -0.122. The van der Waals surface area contributed by atoms with Gasteiger partial charge in [0.2, 0.25) is 11.8 Å². The lowest BCUT2D eigenvalue weighted by Gasteiger charge is -2.11. The van der Waals surface area contributed by atoms with E-state index in [-0.39, 0.29) is 31.2 Å². The van der Waals surface area contributed by atoms with Crippen LogP contribution in [0.15, 0.2) is 64.8 Å². The highest BCUT2D eigenvalue weighted by Gasteiger charge is 2.11. The minimum Gasteiger partial charge on any atom is -0.493 e. The number of methoxy groups -OCH3 is 2. The average Bonchev–Trinajstić information content (AvgIpc) is 3.43. The van der Waals surface area contributed by atoms with Gasteiger partial charge < -0.3 is 19.5 Å².